The number of likely N-dealkylation sites (N-methyl/N-ethyl adjacent to an activating group) is 1. The second-order valence-corrected chi connectivity index (χ2v) is 4.24. The van der Waals surface area contributed by atoms with Crippen LogP contribution in [0.15, 0.2) is 6.20 Å². The molecule has 1 aromatic rings. The van der Waals surface area contributed by atoms with E-state index in [1.807, 2.05) is 4.68 Å². The SMILES string of the molecule is CN(CC(=O)O)C(=O)c1cnn2c1CCCC2. The van der Waals surface area contributed by atoms with E-state index in [4.69, 9.17) is 5.11 Å². The Bertz CT molecular complexity index is 453. The molecule has 1 amide bonds. The lowest BCUT2D eigenvalue weighted by Crippen LogP contribution is -2.32. The van der Waals surface area contributed by atoms with Crippen molar-refractivity contribution in [1.82, 2.24) is 14.7 Å². The summed E-state index contributed by atoms with van der Waals surface area (Å²) >= 11 is 0. The monoisotopic (exact) mass is 237 g/mol. The van der Waals surface area contributed by atoms with Gasteiger partial charge < -0.3 is 10.0 Å². The maximum atomic E-state index is 12.0. The minimum absolute atomic E-state index is 0.268. The molecule has 0 aromatic carbocycles. The number of aryl methyl sites for hydroxylation is 1. The zero-order chi connectivity index (χ0) is 12.4. The zero-order valence-corrected chi connectivity index (χ0v) is 9.72. The molecule has 1 aliphatic heterocycles. The minimum atomic E-state index is -1.01. The molecule has 0 bridgehead atoms. The molecule has 0 saturated heterocycles. The van der Waals surface area contributed by atoms with Crippen molar-refractivity contribution in [2.75, 3.05) is 13.6 Å². The van der Waals surface area contributed by atoms with Crippen molar-refractivity contribution in [3.05, 3.63) is 17.5 Å². The number of carboxylic acids is 1. The summed E-state index contributed by atoms with van der Waals surface area (Å²) in [4.78, 5) is 23.8. The van der Waals surface area contributed by atoms with E-state index in [9.17, 15) is 9.59 Å². The Hall–Kier alpha value is -1.85. The van der Waals surface area contributed by atoms with Crippen LogP contribution in [0.25, 0.3) is 0 Å². The smallest absolute Gasteiger partial charge is 0.323 e. The number of carboxylic acid groups (broad SMARTS) is 1. The highest BCUT2D eigenvalue weighted by Gasteiger charge is 2.22. The van der Waals surface area contributed by atoms with E-state index in [-0.39, 0.29) is 12.5 Å². The molecule has 0 unspecified atom stereocenters. The summed E-state index contributed by atoms with van der Waals surface area (Å²) in [5.74, 6) is -1.28. The number of carbonyl (C=O) groups excluding carboxylic acids is 1. The van der Waals surface area contributed by atoms with Crippen LogP contribution in [0.1, 0.15) is 28.9 Å². The van der Waals surface area contributed by atoms with Gasteiger partial charge in [-0.1, -0.05) is 0 Å². The molecule has 92 valence electrons. The van der Waals surface area contributed by atoms with Crippen molar-refractivity contribution in [2.24, 2.45) is 0 Å². The van der Waals surface area contributed by atoms with E-state index in [2.05, 4.69) is 5.10 Å². The number of fused-ring (bicyclic) bond motifs is 1. The van der Waals surface area contributed by atoms with Gasteiger partial charge in [0.25, 0.3) is 5.91 Å². The average Bonchev–Trinajstić information content (AvgIpc) is 2.70. The van der Waals surface area contributed by atoms with Crippen molar-refractivity contribution in [3.63, 3.8) is 0 Å². The van der Waals surface area contributed by atoms with E-state index >= 15 is 0 Å². The van der Waals surface area contributed by atoms with Gasteiger partial charge in [-0.15, -0.1) is 0 Å². The van der Waals surface area contributed by atoms with E-state index in [1.54, 1.807) is 6.20 Å². The fourth-order valence-electron chi connectivity index (χ4n) is 2.08. The van der Waals surface area contributed by atoms with Crippen LogP contribution < -0.4 is 0 Å². The molecule has 0 atom stereocenters. The van der Waals surface area contributed by atoms with Gasteiger partial charge in [-0.25, -0.2) is 0 Å². The Morgan fingerprint density at radius 2 is 2.29 bits per heavy atom. The fraction of sp³-hybridized carbons (Fsp3) is 0.545. The molecule has 17 heavy (non-hydrogen) atoms. The number of hydrogen-bond acceptors (Lipinski definition) is 3. The van der Waals surface area contributed by atoms with Crippen LogP contribution in [-0.2, 0) is 17.8 Å². The predicted molar refractivity (Wildman–Crippen MR) is 59.8 cm³/mol. The van der Waals surface area contributed by atoms with E-state index in [0.717, 1.165) is 31.5 Å². The minimum Gasteiger partial charge on any atom is -0.480 e. The predicted octanol–water partition coefficient (Wildman–Crippen LogP) is 0.376. The first kappa shape index (κ1) is 11.6. The zero-order valence-electron chi connectivity index (χ0n) is 9.72. The summed E-state index contributed by atoms with van der Waals surface area (Å²) in [6.45, 7) is 0.550. The summed E-state index contributed by atoms with van der Waals surface area (Å²) in [6.07, 6.45) is 4.51. The Kier molecular flexibility index (Phi) is 3.12. The first-order chi connectivity index (χ1) is 8.09. The molecule has 6 nitrogen and oxygen atoms in total. The Labute approximate surface area is 98.8 Å². The molecule has 1 aliphatic rings. The van der Waals surface area contributed by atoms with Crippen LogP contribution in [0, 0.1) is 0 Å². The highest BCUT2D eigenvalue weighted by molar-refractivity contribution is 5.96. The van der Waals surface area contributed by atoms with Crippen molar-refractivity contribution < 1.29 is 14.7 Å². The van der Waals surface area contributed by atoms with E-state index in [0.29, 0.717) is 5.56 Å². The topological polar surface area (TPSA) is 75.4 Å². The number of aliphatic carboxylic acids is 1. The molecule has 0 spiro atoms. The van der Waals surface area contributed by atoms with E-state index in [1.165, 1.54) is 11.9 Å². The standard InChI is InChI=1S/C11H15N3O3/c1-13(7-10(15)16)11(17)8-6-12-14-5-3-2-4-9(8)14/h6H,2-5,7H2,1H3,(H,15,16). The van der Waals surface area contributed by atoms with Gasteiger partial charge >= 0.3 is 5.97 Å². The average molecular weight is 237 g/mol. The lowest BCUT2D eigenvalue weighted by molar-refractivity contribution is -0.137. The summed E-state index contributed by atoms with van der Waals surface area (Å²) in [5, 5.41) is 12.8. The first-order valence-electron chi connectivity index (χ1n) is 5.61. The number of aromatic nitrogens is 2. The fourth-order valence-corrected chi connectivity index (χ4v) is 2.08. The molecule has 1 N–H and O–H groups in total. The summed E-state index contributed by atoms with van der Waals surface area (Å²) in [5.41, 5.74) is 1.46. The second kappa shape index (κ2) is 4.57. The Morgan fingerprint density at radius 1 is 1.53 bits per heavy atom. The van der Waals surface area contributed by atoms with Gasteiger partial charge in [-0.3, -0.25) is 14.3 Å². The summed E-state index contributed by atoms with van der Waals surface area (Å²) in [6, 6.07) is 0. The van der Waals surface area contributed by atoms with Gasteiger partial charge in [-0.2, -0.15) is 5.10 Å². The second-order valence-electron chi connectivity index (χ2n) is 4.24. The van der Waals surface area contributed by atoms with Gasteiger partial charge in [0, 0.05) is 13.6 Å². The van der Waals surface area contributed by atoms with Gasteiger partial charge in [0.1, 0.15) is 6.54 Å². The summed E-state index contributed by atoms with van der Waals surface area (Å²) in [7, 11) is 1.49. The number of nitrogens with zero attached hydrogens (tertiary/aromatic N) is 3. The Balaban J connectivity index is 2.19. The number of rotatable bonds is 3. The lowest BCUT2D eigenvalue weighted by atomic mass is 10.1. The van der Waals surface area contributed by atoms with Crippen LogP contribution >= 0.6 is 0 Å². The van der Waals surface area contributed by atoms with Crippen molar-refractivity contribution in [1.29, 1.82) is 0 Å². The van der Waals surface area contributed by atoms with Crippen LogP contribution in [-0.4, -0.2) is 45.3 Å². The van der Waals surface area contributed by atoms with Gasteiger partial charge in [-0.05, 0) is 19.3 Å². The molecular weight excluding hydrogens is 222 g/mol. The number of hydrogen-bond donors (Lipinski definition) is 1. The molecule has 6 heteroatoms. The molecular formula is C11H15N3O3. The maximum Gasteiger partial charge on any atom is 0.323 e. The molecule has 0 saturated carbocycles. The number of carbonyl (C=O) groups is 2. The van der Waals surface area contributed by atoms with Crippen molar-refractivity contribution >= 4 is 11.9 Å². The molecule has 0 aliphatic carbocycles. The van der Waals surface area contributed by atoms with Crippen LogP contribution in [0.4, 0.5) is 0 Å². The third-order valence-electron chi connectivity index (χ3n) is 2.93. The third-order valence-corrected chi connectivity index (χ3v) is 2.93. The summed E-state index contributed by atoms with van der Waals surface area (Å²) < 4.78 is 1.84. The quantitative estimate of drug-likeness (QED) is 0.824. The first-order valence-corrected chi connectivity index (χ1v) is 5.61. The maximum absolute atomic E-state index is 12.0. The van der Waals surface area contributed by atoms with Crippen LogP contribution in [0.5, 0.6) is 0 Å². The third kappa shape index (κ3) is 2.30. The largest absolute Gasteiger partial charge is 0.480 e. The molecule has 0 radical (unpaired) electrons. The van der Waals surface area contributed by atoms with Crippen LogP contribution in [0.3, 0.4) is 0 Å². The molecule has 2 rings (SSSR count). The van der Waals surface area contributed by atoms with Crippen molar-refractivity contribution in [3.8, 4) is 0 Å². The lowest BCUT2D eigenvalue weighted by Gasteiger charge is -2.17. The van der Waals surface area contributed by atoms with Crippen LogP contribution in [0.2, 0.25) is 0 Å². The molecule has 1 aromatic heterocycles. The van der Waals surface area contributed by atoms with E-state index < -0.39 is 5.97 Å². The van der Waals surface area contributed by atoms with Gasteiger partial charge in [0.2, 0.25) is 0 Å². The van der Waals surface area contributed by atoms with Crippen molar-refractivity contribution in [2.45, 2.75) is 25.8 Å². The van der Waals surface area contributed by atoms with Gasteiger partial charge in [0.15, 0.2) is 0 Å². The Morgan fingerprint density at radius 3 is 3.00 bits per heavy atom. The normalized spacial score (nSPS) is 14.2. The van der Waals surface area contributed by atoms with Gasteiger partial charge in [0.05, 0.1) is 17.5 Å². The highest BCUT2D eigenvalue weighted by atomic mass is 16.4. The number of amides is 1. The molecule has 2 heterocycles. The highest BCUT2D eigenvalue weighted by Crippen LogP contribution is 2.19. The molecule has 0 fully saturated rings.